The zero-order chi connectivity index (χ0) is 13.1. The first-order valence-corrected chi connectivity index (χ1v) is 7.20. The van der Waals surface area contributed by atoms with E-state index in [-0.39, 0.29) is 0 Å². The fourth-order valence-corrected chi connectivity index (χ4v) is 2.65. The summed E-state index contributed by atoms with van der Waals surface area (Å²) < 4.78 is 3.62. The molecular weight excluding hydrogens is 362 g/mol. The van der Waals surface area contributed by atoms with E-state index < -0.39 is 6.10 Å². The zero-order valence-electron chi connectivity index (χ0n) is 9.85. The van der Waals surface area contributed by atoms with Crippen LogP contribution in [0.3, 0.4) is 0 Å². The average Bonchev–Trinajstić information content (AvgIpc) is 2.79. The Morgan fingerprint density at radius 1 is 1.39 bits per heavy atom. The Morgan fingerprint density at radius 2 is 2.17 bits per heavy atom. The molecule has 0 fully saturated rings. The van der Waals surface area contributed by atoms with E-state index in [0.29, 0.717) is 6.42 Å². The van der Waals surface area contributed by atoms with Crippen molar-refractivity contribution in [3.8, 4) is 0 Å². The van der Waals surface area contributed by atoms with Crippen molar-refractivity contribution < 1.29 is 5.11 Å². The molecule has 1 N–H and O–H groups in total. The summed E-state index contributed by atoms with van der Waals surface area (Å²) in [6.45, 7) is 2.75. The Labute approximate surface area is 122 Å². The molecule has 0 aliphatic carbocycles. The maximum atomic E-state index is 10.3. The molecule has 1 unspecified atom stereocenters. The van der Waals surface area contributed by atoms with Crippen molar-refractivity contribution in [2.75, 3.05) is 0 Å². The molecule has 0 amide bonds. The summed E-state index contributed by atoms with van der Waals surface area (Å²) in [5.41, 5.74) is 0.843. The first-order valence-electron chi connectivity index (χ1n) is 5.61. The summed E-state index contributed by atoms with van der Waals surface area (Å²) in [4.78, 5) is 4.17. The average molecular weight is 375 g/mol. The minimum Gasteiger partial charge on any atom is -0.388 e. The molecule has 0 aliphatic rings. The predicted molar refractivity (Wildman–Crippen MR) is 76.2 cm³/mol. The molecule has 6 heteroatoms. The first-order chi connectivity index (χ1) is 8.61. The van der Waals surface area contributed by atoms with Gasteiger partial charge >= 0.3 is 0 Å². The van der Waals surface area contributed by atoms with Crippen LogP contribution in [0.4, 0.5) is 0 Å². The van der Waals surface area contributed by atoms with E-state index in [0.717, 1.165) is 26.9 Å². The van der Waals surface area contributed by atoms with Crippen molar-refractivity contribution >= 4 is 31.9 Å². The number of aliphatic hydroxyl groups is 1. The van der Waals surface area contributed by atoms with Crippen LogP contribution in [-0.2, 0) is 13.0 Å². The summed E-state index contributed by atoms with van der Waals surface area (Å²) in [5.74, 6) is 0.789. The van der Waals surface area contributed by atoms with Crippen LogP contribution < -0.4 is 0 Å². The highest BCUT2D eigenvalue weighted by Gasteiger charge is 2.15. The van der Waals surface area contributed by atoms with Crippen LogP contribution in [0.1, 0.15) is 24.4 Å². The van der Waals surface area contributed by atoms with Crippen LogP contribution in [0.15, 0.2) is 33.5 Å². The van der Waals surface area contributed by atoms with E-state index in [4.69, 9.17) is 0 Å². The Hall–Kier alpha value is -0.720. The van der Waals surface area contributed by atoms with Gasteiger partial charge in [0.2, 0.25) is 0 Å². The highest BCUT2D eigenvalue weighted by molar-refractivity contribution is 9.11. The molecule has 0 spiro atoms. The lowest BCUT2D eigenvalue weighted by molar-refractivity contribution is 0.173. The molecule has 2 rings (SSSR count). The zero-order valence-corrected chi connectivity index (χ0v) is 13.0. The van der Waals surface area contributed by atoms with E-state index in [2.05, 4.69) is 41.9 Å². The number of halogens is 2. The van der Waals surface area contributed by atoms with Gasteiger partial charge in [-0.1, -0.05) is 31.9 Å². The monoisotopic (exact) mass is 373 g/mol. The van der Waals surface area contributed by atoms with Crippen molar-refractivity contribution in [1.82, 2.24) is 14.8 Å². The quantitative estimate of drug-likeness (QED) is 0.894. The van der Waals surface area contributed by atoms with E-state index in [1.54, 1.807) is 4.68 Å². The van der Waals surface area contributed by atoms with E-state index in [1.807, 2.05) is 25.1 Å². The molecule has 1 aromatic carbocycles. The lowest BCUT2D eigenvalue weighted by Crippen LogP contribution is -2.10. The van der Waals surface area contributed by atoms with Crippen molar-refractivity contribution in [1.29, 1.82) is 0 Å². The minimum atomic E-state index is -0.605. The van der Waals surface area contributed by atoms with E-state index in [1.165, 1.54) is 6.33 Å². The van der Waals surface area contributed by atoms with Gasteiger partial charge in [0.15, 0.2) is 0 Å². The fourth-order valence-electron chi connectivity index (χ4n) is 1.76. The van der Waals surface area contributed by atoms with Gasteiger partial charge < -0.3 is 5.11 Å². The number of benzene rings is 1. The van der Waals surface area contributed by atoms with E-state index in [9.17, 15) is 5.11 Å². The largest absolute Gasteiger partial charge is 0.388 e. The summed E-state index contributed by atoms with van der Waals surface area (Å²) >= 11 is 6.85. The third-order valence-electron chi connectivity index (χ3n) is 2.69. The Morgan fingerprint density at radius 3 is 2.89 bits per heavy atom. The van der Waals surface area contributed by atoms with Crippen LogP contribution in [0.2, 0.25) is 0 Å². The number of aryl methyl sites for hydroxylation is 1. The molecule has 4 nitrogen and oxygen atoms in total. The second kappa shape index (κ2) is 5.95. The third kappa shape index (κ3) is 2.99. The van der Waals surface area contributed by atoms with Gasteiger partial charge in [0, 0.05) is 21.9 Å². The third-order valence-corrected chi connectivity index (χ3v) is 3.90. The highest BCUT2D eigenvalue weighted by atomic mass is 79.9. The van der Waals surface area contributed by atoms with Crippen molar-refractivity contribution in [3.63, 3.8) is 0 Å². The first kappa shape index (κ1) is 13.7. The SMILES string of the molecule is CCn1ncnc1CC(O)c1cc(Br)ccc1Br. The molecule has 1 atom stereocenters. The van der Waals surface area contributed by atoms with Gasteiger partial charge in [-0.15, -0.1) is 0 Å². The number of nitrogens with zero attached hydrogens (tertiary/aromatic N) is 3. The summed E-state index contributed by atoms with van der Waals surface area (Å²) in [6, 6.07) is 5.74. The second-order valence-electron chi connectivity index (χ2n) is 3.88. The summed E-state index contributed by atoms with van der Waals surface area (Å²) in [6.07, 6.45) is 1.36. The molecule has 96 valence electrons. The molecule has 1 heterocycles. The number of hydrogen-bond acceptors (Lipinski definition) is 3. The molecule has 0 aliphatic heterocycles. The van der Waals surface area contributed by atoms with Crippen molar-refractivity contribution in [3.05, 3.63) is 44.9 Å². The smallest absolute Gasteiger partial charge is 0.138 e. The van der Waals surface area contributed by atoms with Crippen LogP contribution in [-0.4, -0.2) is 19.9 Å². The van der Waals surface area contributed by atoms with Gasteiger partial charge in [0.05, 0.1) is 6.10 Å². The Kier molecular flexibility index (Phi) is 4.53. The molecule has 1 aromatic heterocycles. The van der Waals surface area contributed by atoms with Crippen LogP contribution in [0.5, 0.6) is 0 Å². The fraction of sp³-hybridized carbons (Fsp3) is 0.333. The topological polar surface area (TPSA) is 50.9 Å². The van der Waals surface area contributed by atoms with Crippen molar-refractivity contribution in [2.24, 2.45) is 0 Å². The van der Waals surface area contributed by atoms with Gasteiger partial charge in [-0.05, 0) is 30.7 Å². The molecular formula is C12H13Br2N3O. The lowest BCUT2D eigenvalue weighted by atomic mass is 10.1. The number of aromatic nitrogens is 3. The van der Waals surface area contributed by atoms with Gasteiger partial charge in [-0.2, -0.15) is 5.10 Å². The van der Waals surface area contributed by atoms with Crippen LogP contribution >= 0.6 is 31.9 Å². The normalized spacial score (nSPS) is 12.7. The standard InChI is InChI=1S/C12H13Br2N3O/c1-2-17-12(15-7-16-17)6-11(18)9-5-8(13)3-4-10(9)14/h3-5,7,11,18H,2,6H2,1H3. The molecule has 18 heavy (non-hydrogen) atoms. The summed E-state index contributed by atoms with van der Waals surface area (Å²) in [5, 5.41) is 14.4. The second-order valence-corrected chi connectivity index (χ2v) is 5.65. The Balaban J connectivity index is 2.21. The number of aliphatic hydroxyl groups excluding tert-OH is 1. The predicted octanol–water partition coefficient (Wildman–Crippen LogP) is 3.10. The molecule has 0 bridgehead atoms. The maximum absolute atomic E-state index is 10.3. The van der Waals surface area contributed by atoms with Crippen LogP contribution in [0.25, 0.3) is 0 Å². The van der Waals surface area contributed by atoms with Gasteiger partial charge in [-0.3, -0.25) is 4.68 Å². The molecule has 0 saturated carbocycles. The van der Waals surface area contributed by atoms with Crippen LogP contribution in [0, 0.1) is 0 Å². The van der Waals surface area contributed by atoms with Gasteiger partial charge in [-0.25, -0.2) is 4.98 Å². The maximum Gasteiger partial charge on any atom is 0.138 e. The molecule has 0 radical (unpaired) electrons. The minimum absolute atomic E-state index is 0.447. The molecule has 0 saturated heterocycles. The Bertz CT molecular complexity index is 542. The summed E-state index contributed by atoms with van der Waals surface area (Å²) in [7, 11) is 0. The molecule has 2 aromatic rings. The highest BCUT2D eigenvalue weighted by Crippen LogP contribution is 2.28. The number of hydrogen-bond donors (Lipinski definition) is 1. The van der Waals surface area contributed by atoms with Crippen molar-refractivity contribution in [2.45, 2.75) is 26.0 Å². The number of rotatable bonds is 4. The van der Waals surface area contributed by atoms with Gasteiger partial charge in [0.25, 0.3) is 0 Å². The van der Waals surface area contributed by atoms with Gasteiger partial charge in [0.1, 0.15) is 12.2 Å². The van der Waals surface area contributed by atoms with E-state index >= 15 is 0 Å². The lowest BCUT2D eigenvalue weighted by Gasteiger charge is -2.13.